The Morgan fingerprint density at radius 3 is 2.85 bits per heavy atom. The number of methoxy groups -OCH3 is 1. The molecular formula is C18H15N5O3. The summed E-state index contributed by atoms with van der Waals surface area (Å²) in [5.74, 6) is -0.481. The first kappa shape index (κ1) is 15.9. The number of aromatic nitrogens is 5. The minimum Gasteiger partial charge on any atom is -0.464 e. The molecular weight excluding hydrogens is 334 g/mol. The van der Waals surface area contributed by atoms with Crippen molar-refractivity contribution < 1.29 is 13.9 Å². The van der Waals surface area contributed by atoms with Gasteiger partial charge in [-0.05, 0) is 17.7 Å². The van der Waals surface area contributed by atoms with E-state index in [-0.39, 0.29) is 5.69 Å². The molecule has 0 aliphatic heterocycles. The molecule has 0 radical (unpaired) electrons. The number of fused-ring (bicyclic) bond motifs is 1. The Balaban J connectivity index is 1.66. The SMILES string of the molecule is COC(=O)c1cc(Cc2ccc(-c3cn(C)nn3)nc2)c2occc2n1. The van der Waals surface area contributed by atoms with Crippen LogP contribution in [0.2, 0.25) is 0 Å². The number of pyridine rings is 2. The summed E-state index contributed by atoms with van der Waals surface area (Å²) >= 11 is 0. The summed E-state index contributed by atoms with van der Waals surface area (Å²) in [4.78, 5) is 20.6. The second kappa shape index (κ2) is 6.40. The Bertz CT molecular complexity index is 1080. The third-order valence-corrected chi connectivity index (χ3v) is 3.97. The smallest absolute Gasteiger partial charge is 0.356 e. The topological polar surface area (TPSA) is 95.9 Å². The second-order valence-corrected chi connectivity index (χ2v) is 5.80. The van der Waals surface area contributed by atoms with Crippen LogP contribution < -0.4 is 0 Å². The lowest BCUT2D eigenvalue weighted by Gasteiger charge is -2.06. The van der Waals surface area contributed by atoms with Gasteiger partial charge >= 0.3 is 5.97 Å². The van der Waals surface area contributed by atoms with Gasteiger partial charge < -0.3 is 9.15 Å². The highest BCUT2D eigenvalue weighted by Crippen LogP contribution is 2.23. The van der Waals surface area contributed by atoms with Gasteiger partial charge in [0.15, 0.2) is 5.58 Å². The van der Waals surface area contributed by atoms with E-state index in [1.165, 1.54) is 7.11 Å². The van der Waals surface area contributed by atoms with Crippen molar-refractivity contribution in [1.29, 1.82) is 0 Å². The number of rotatable bonds is 4. The fourth-order valence-corrected chi connectivity index (χ4v) is 2.73. The minimum absolute atomic E-state index is 0.250. The number of furan rings is 1. The Morgan fingerprint density at radius 2 is 2.15 bits per heavy atom. The molecule has 4 aromatic rings. The number of nitrogens with zero attached hydrogens (tertiary/aromatic N) is 5. The molecule has 8 heteroatoms. The number of esters is 1. The zero-order valence-corrected chi connectivity index (χ0v) is 14.2. The van der Waals surface area contributed by atoms with Crippen LogP contribution in [0, 0.1) is 0 Å². The van der Waals surface area contributed by atoms with Gasteiger partial charge in [0.05, 0.1) is 25.3 Å². The third kappa shape index (κ3) is 2.92. The summed E-state index contributed by atoms with van der Waals surface area (Å²) in [7, 11) is 3.14. The summed E-state index contributed by atoms with van der Waals surface area (Å²) in [6.07, 6.45) is 5.68. The van der Waals surface area contributed by atoms with E-state index in [0.29, 0.717) is 23.2 Å². The van der Waals surface area contributed by atoms with E-state index >= 15 is 0 Å². The summed E-state index contributed by atoms with van der Waals surface area (Å²) in [5.41, 5.74) is 4.79. The van der Waals surface area contributed by atoms with E-state index in [1.807, 2.05) is 19.2 Å². The maximum atomic E-state index is 11.8. The Hall–Kier alpha value is -3.55. The predicted octanol–water partition coefficient (Wildman–Crippen LogP) is 2.40. The van der Waals surface area contributed by atoms with Gasteiger partial charge in [-0.15, -0.1) is 5.10 Å². The molecule has 0 unspecified atom stereocenters. The first-order valence-electron chi connectivity index (χ1n) is 7.91. The highest BCUT2D eigenvalue weighted by Gasteiger charge is 2.15. The van der Waals surface area contributed by atoms with Crippen LogP contribution in [-0.4, -0.2) is 38.0 Å². The van der Waals surface area contributed by atoms with E-state index in [9.17, 15) is 4.79 Å². The average molecular weight is 349 g/mol. The standard InChI is InChI=1S/C18H15N5O3/c1-23-10-16(21-22-23)13-4-3-11(9-19-13)7-12-8-15(18(24)25-2)20-14-5-6-26-17(12)14/h3-6,8-10H,7H2,1-2H3. The molecule has 4 rings (SSSR count). The van der Waals surface area contributed by atoms with Gasteiger partial charge in [0.25, 0.3) is 0 Å². The average Bonchev–Trinajstić information content (AvgIpc) is 3.30. The van der Waals surface area contributed by atoms with Crippen LogP contribution in [0.5, 0.6) is 0 Å². The lowest BCUT2D eigenvalue weighted by molar-refractivity contribution is 0.0594. The number of carbonyl (C=O) groups is 1. The normalized spacial score (nSPS) is 11.0. The largest absolute Gasteiger partial charge is 0.464 e. The van der Waals surface area contributed by atoms with Crippen molar-refractivity contribution in [3.8, 4) is 11.4 Å². The summed E-state index contributed by atoms with van der Waals surface area (Å²) in [6, 6.07) is 7.26. The van der Waals surface area contributed by atoms with Crippen LogP contribution in [0.3, 0.4) is 0 Å². The van der Waals surface area contributed by atoms with E-state index in [0.717, 1.165) is 16.8 Å². The fraction of sp³-hybridized carbons (Fsp3) is 0.167. The fourth-order valence-electron chi connectivity index (χ4n) is 2.73. The number of hydrogen-bond donors (Lipinski definition) is 0. The predicted molar refractivity (Wildman–Crippen MR) is 92.4 cm³/mol. The Kier molecular flexibility index (Phi) is 3.92. The molecule has 130 valence electrons. The highest BCUT2D eigenvalue weighted by molar-refractivity contribution is 5.91. The van der Waals surface area contributed by atoms with Gasteiger partial charge in [0.2, 0.25) is 0 Å². The molecule has 0 amide bonds. The molecule has 0 saturated carbocycles. The van der Waals surface area contributed by atoms with Crippen molar-refractivity contribution in [3.05, 3.63) is 59.7 Å². The van der Waals surface area contributed by atoms with Crippen molar-refractivity contribution >= 4 is 17.1 Å². The molecule has 0 bridgehead atoms. The molecule has 0 fully saturated rings. The zero-order valence-electron chi connectivity index (χ0n) is 14.2. The minimum atomic E-state index is -0.481. The van der Waals surface area contributed by atoms with Gasteiger partial charge in [-0.1, -0.05) is 11.3 Å². The van der Waals surface area contributed by atoms with Crippen molar-refractivity contribution in [2.75, 3.05) is 7.11 Å². The quantitative estimate of drug-likeness (QED) is 0.522. The van der Waals surface area contributed by atoms with E-state index < -0.39 is 5.97 Å². The van der Waals surface area contributed by atoms with Crippen molar-refractivity contribution in [2.24, 2.45) is 7.05 Å². The van der Waals surface area contributed by atoms with Crippen LogP contribution in [0.4, 0.5) is 0 Å². The highest BCUT2D eigenvalue weighted by atomic mass is 16.5. The maximum absolute atomic E-state index is 11.8. The number of hydrogen-bond acceptors (Lipinski definition) is 7. The van der Waals surface area contributed by atoms with Crippen LogP contribution in [0.15, 0.2) is 47.3 Å². The molecule has 0 N–H and O–H groups in total. The molecule has 0 saturated heterocycles. The van der Waals surface area contributed by atoms with Crippen molar-refractivity contribution in [1.82, 2.24) is 25.0 Å². The van der Waals surface area contributed by atoms with Crippen LogP contribution in [0.25, 0.3) is 22.5 Å². The lowest BCUT2D eigenvalue weighted by Crippen LogP contribution is -2.05. The molecule has 0 aliphatic carbocycles. The summed E-state index contributed by atoms with van der Waals surface area (Å²) < 4.78 is 11.9. The molecule has 0 atom stereocenters. The number of carbonyl (C=O) groups excluding carboxylic acids is 1. The molecule has 0 aliphatic rings. The first-order chi connectivity index (χ1) is 12.6. The molecule has 8 nitrogen and oxygen atoms in total. The van der Waals surface area contributed by atoms with E-state index in [2.05, 4.69) is 20.3 Å². The van der Waals surface area contributed by atoms with Crippen LogP contribution >= 0.6 is 0 Å². The van der Waals surface area contributed by atoms with Crippen molar-refractivity contribution in [2.45, 2.75) is 6.42 Å². The summed E-state index contributed by atoms with van der Waals surface area (Å²) in [5, 5.41) is 7.96. The third-order valence-electron chi connectivity index (χ3n) is 3.97. The molecule has 4 aromatic heterocycles. The zero-order chi connectivity index (χ0) is 18.1. The van der Waals surface area contributed by atoms with Gasteiger partial charge in [0, 0.05) is 31.3 Å². The van der Waals surface area contributed by atoms with Crippen molar-refractivity contribution in [3.63, 3.8) is 0 Å². The second-order valence-electron chi connectivity index (χ2n) is 5.80. The monoisotopic (exact) mass is 349 g/mol. The lowest BCUT2D eigenvalue weighted by atomic mass is 10.0. The first-order valence-corrected chi connectivity index (χ1v) is 7.91. The maximum Gasteiger partial charge on any atom is 0.356 e. The van der Waals surface area contributed by atoms with Gasteiger partial charge in [-0.3, -0.25) is 9.67 Å². The Labute approximate surface area is 148 Å². The van der Waals surface area contributed by atoms with Gasteiger partial charge in [-0.25, -0.2) is 9.78 Å². The number of aryl methyl sites for hydroxylation is 1. The van der Waals surface area contributed by atoms with E-state index in [4.69, 9.17) is 9.15 Å². The molecule has 0 spiro atoms. The van der Waals surface area contributed by atoms with Crippen LogP contribution in [-0.2, 0) is 18.2 Å². The Morgan fingerprint density at radius 1 is 1.27 bits per heavy atom. The molecule has 0 aromatic carbocycles. The van der Waals surface area contributed by atoms with E-state index in [1.54, 1.807) is 35.5 Å². The molecule has 4 heterocycles. The number of ether oxygens (including phenoxy) is 1. The summed E-state index contributed by atoms with van der Waals surface area (Å²) in [6.45, 7) is 0. The van der Waals surface area contributed by atoms with Gasteiger partial charge in [-0.2, -0.15) is 0 Å². The van der Waals surface area contributed by atoms with Gasteiger partial charge in [0.1, 0.15) is 16.9 Å². The van der Waals surface area contributed by atoms with Crippen LogP contribution in [0.1, 0.15) is 21.6 Å². The molecule has 26 heavy (non-hydrogen) atoms.